The zero-order chi connectivity index (χ0) is 27.1. The molecule has 1 aromatic carbocycles. The molecule has 1 saturated heterocycles. The first kappa shape index (κ1) is 25.4. The number of fused-ring (bicyclic) bond motifs is 1. The quantitative estimate of drug-likeness (QED) is 0.224. The van der Waals surface area contributed by atoms with Gasteiger partial charge in [0.05, 0.1) is 21.8 Å². The Morgan fingerprint density at radius 3 is 2.53 bits per heavy atom. The Kier molecular flexibility index (Phi) is 6.64. The molecule has 1 fully saturated rings. The number of pyridine rings is 1. The number of hydrogen-bond donors (Lipinski definition) is 1. The van der Waals surface area contributed by atoms with Crippen molar-refractivity contribution in [1.82, 2.24) is 18.7 Å². The van der Waals surface area contributed by atoms with Crippen LogP contribution in [0.25, 0.3) is 17.4 Å². The van der Waals surface area contributed by atoms with E-state index in [1.165, 1.54) is 20.1 Å². The SMILES string of the molecule is C=CCNc1nc2c(C)cccn2c(=O)c1/C=C1/SC(=S)N(c2c(C)n(C)n(-c3ccccc3)c2=O)C1=O. The number of benzene rings is 1. The van der Waals surface area contributed by atoms with Crippen LogP contribution in [0.3, 0.4) is 0 Å². The number of thiocarbonyl (C=S) groups is 1. The standard InChI is InChI=1S/C27H24N6O3S2/c1-5-13-28-22-19(24(34)31-14-9-10-16(2)23(31)29-22)15-20-25(35)32(27(37)38-20)21-17(3)30(4)33(26(21)36)18-11-7-6-8-12-18/h5-12,14-15,28H,1,13H2,2-4H3/b20-15+. The zero-order valence-corrected chi connectivity index (χ0v) is 22.6. The van der Waals surface area contributed by atoms with Crippen molar-refractivity contribution < 1.29 is 4.79 Å². The summed E-state index contributed by atoms with van der Waals surface area (Å²) in [5.41, 5.74) is 2.26. The summed E-state index contributed by atoms with van der Waals surface area (Å²) >= 11 is 6.59. The first-order valence-electron chi connectivity index (χ1n) is 11.7. The molecule has 5 rings (SSSR count). The van der Waals surface area contributed by atoms with E-state index in [0.29, 0.717) is 29.4 Å². The maximum atomic E-state index is 13.7. The fourth-order valence-corrected chi connectivity index (χ4v) is 5.60. The maximum Gasteiger partial charge on any atom is 0.296 e. The highest BCUT2D eigenvalue weighted by molar-refractivity contribution is 8.27. The molecule has 192 valence electrons. The first-order valence-corrected chi connectivity index (χ1v) is 13.0. The molecule has 1 amide bonds. The van der Waals surface area contributed by atoms with Crippen LogP contribution < -0.4 is 21.3 Å². The number of aromatic nitrogens is 4. The molecule has 0 radical (unpaired) electrons. The van der Waals surface area contributed by atoms with Crippen LogP contribution in [0.5, 0.6) is 0 Å². The van der Waals surface area contributed by atoms with Crippen molar-refractivity contribution in [2.24, 2.45) is 7.05 Å². The second-order valence-corrected chi connectivity index (χ2v) is 10.3. The van der Waals surface area contributed by atoms with E-state index in [0.717, 1.165) is 17.3 Å². The molecule has 4 aromatic rings. The third kappa shape index (κ3) is 4.09. The van der Waals surface area contributed by atoms with Crippen LogP contribution in [-0.2, 0) is 11.8 Å². The third-order valence-electron chi connectivity index (χ3n) is 6.31. The molecule has 1 aliphatic rings. The van der Waals surface area contributed by atoms with Crippen LogP contribution in [0.1, 0.15) is 16.8 Å². The smallest absolute Gasteiger partial charge is 0.296 e. The Hall–Kier alpha value is -4.22. The molecule has 1 aliphatic heterocycles. The van der Waals surface area contributed by atoms with Crippen molar-refractivity contribution in [2.45, 2.75) is 13.8 Å². The number of thioether (sulfide) groups is 1. The average Bonchev–Trinajstić information content (AvgIpc) is 3.30. The van der Waals surface area contributed by atoms with E-state index in [-0.39, 0.29) is 31.6 Å². The number of aryl methyl sites for hydroxylation is 1. The van der Waals surface area contributed by atoms with E-state index in [1.54, 1.807) is 37.0 Å². The Morgan fingerprint density at radius 1 is 1.08 bits per heavy atom. The predicted molar refractivity (Wildman–Crippen MR) is 156 cm³/mol. The minimum Gasteiger partial charge on any atom is -0.366 e. The number of para-hydroxylation sites is 1. The number of hydrogen-bond acceptors (Lipinski definition) is 7. The van der Waals surface area contributed by atoms with Gasteiger partial charge in [-0.3, -0.25) is 28.4 Å². The van der Waals surface area contributed by atoms with Crippen molar-refractivity contribution in [3.05, 3.63) is 104 Å². The second-order valence-electron chi connectivity index (χ2n) is 8.66. The van der Waals surface area contributed by atoms with Gasteiger partial charge >= 0.3 is 0 Å². The zero-order valence-electron chi connectivity index (χ0n) is 21.0. The molecule has 3 aromatic heterocycles. The molecule has 0 saturated carbocycles. The fourth-order valence-electron chi connectivity index (χ4n) is 4.35. The molecule has 11 heteroatoms. The summed E-state index contributed by atoms with van der Waals surface area (Å²) in [6.45, 7) is 7.72. The Morgan fingerprint density at radius 2 is 1.82 bits per heavy atom. The first-order chi connectivity index (χ1) is 18.2. The maximum absolute atomic E-state index is 13.7. The van der Waals surface area contributed by atoms with Gasteiger partial charge in [0, 0.05) is 19.8 Å². The topological polar surface area (TPSA) is 93.6 Å². The molecule has 0 spiro atoms. The summed E-state index contributed by atoms with van der Waals surface area (Å²) in [7, 11) is 1.75. The number of rotatable bonds is 6. The normalized spacial score (nSPS) is 14.6. The van der Waals surface area contributed by atoms with Crippen molar-refractivity contribution in [3.63, 3.8) is 0 Å². The molecule has 0 unspecified atom stereocenters. The molecule has 0 aliphatic carbocycles. The lowest BCUT2D eigenvalue weighted by atomic mass is 10.2. The Labute approximate surface area is 227 Å². The monoisotopic (exact) mass is 544 g/mol. The van der Waals surface area contributed by atoms with Crippen LogP contribution in [0.15, 0.2) is 75.8 Å². The highest BCUT2D eigenvalue weighted by Gasteiger charge is 2.38. The van der Waals surface area contributed by atoms with Gasteiger partial charge in [-0.05, 0) is 43.7 Å². The largest absolute Gasteiger partial charge is 0.366 e. The Bertz CT molecular complexity index is 1780. The molecule has 1 N–H and O–H groups in total. The number of amides is 1. The van der Waals surface area contributed by atoms with Crippen LogP contribution in [0.2, 0.25) is 0 Å². The van der Waals surface area contributed by atoms with Gasteiger partial charge in [-0.2, -0.15) is 0 Å². The molecular formula is C27H24N6O3S2. The summed E-state index contributed by atoms with van der Waals surface area (Å²) < 4.78 is 4.83. The highest BCUT2D eigenvalue weighted by atomic mass is 32.2. The minimum atomic E-state index is -0.477. The number of anilines is 2. The number of nitrogens with zero attached hydrogens (tertiary/aromatic N) is 5. The summed E-state index contributed by atoms with van der Waals surface area (Å²) in [5, 5.41) is 3.10. The van der Waals surface area contributed by atoms with E-state index in [2.05, 4.69) is 16.9 Å². The fraction of sp³-hybridized carbons (Fsp3) is 0.148. The van der Waals surface area contributed by atoms with Crippen molar-refractivity contribution >= 4 is 57.4 Å². The summed E-state index contributed by atoms with van der Waals surface area (Å²) in [6.07, 6.45) is 4.78. The molecule has 0 atom stereocenters. The van der Waals surface area contributed by atoms with Crippen molar-refractivity contribution in [3.8, 4) is 5.69 Å². The highest BCUT2D eigenvalue weighted by Crippen LogP contribution is 2.36. The van der Waals surface area contributed by atoms with Gasteiger partial charge in [0.25, 0.3) is 17.0 Å². The van der Waals surface area contributed by atoms with Gasteiger partial charge in [-0.15, -0.1) is 6.58 Å². The predicted octanol–water partition coefficient (Wildman–Crippen LogP) is 3.80. The lowest BCUT2D eigenvalue weighted by molar-refractivity contribution is -0.113. The van der Waals surface area contributed by atoms with Gasteiger partial charge in [-0.25, -0.2) is 9.67 Å². The number of carbonyl (C=O) groups excluding carboxylic acids is 1. The molecule has 38 heavy (non-hydrogen) atoms. The van der Waals surface area contributed by atoms with Crippen LogP contribution in [-0.4, -0.2) is 35.5 Å². The average molecular weight is 545 g/mol. The van der Waals surface area contributed by atoms with E-state index in [4.69, 9.17) is 12.2 Å². The minimum absolute atomic E-state index is 0.177. The van der Waals surface area contributed by atoms with E-state index in [9.17, 15) is 14.4 Å². The van der Waals surface area contributed by atoms with E-state index < -0.39 is 5.91 Å². The van der Waals surface area contributed by atoms with Gasteiger partial charge in [0.2, 0.25) is 0 Å². The summed E-state index contributed by atoms with van der Waals surface area (Å²) in [5.74, 6) is -0.147. The van der Waals surface area contributed by atoms with Gasteiger partial charge < -0.3 is 5.32 Å². The summed E-state index contributed by atoms with van der Waals surface area (Å²) in [6, 6.07) is 12.8. The van der Waals surface area contributed by atoms with Crippen molar-refractivity contribution in [1.29, 1.82) is 0 Å². The second kappa shape index (κ2) is 9.92. The number of carbonyl (C=O) groups is 1. The summed E-state index contributed by atoms with van der Waals surface area (Å²) in [4.78, 5) is 46.8. The van der Waals surface area contributed by atoms with E-state index >= 15 is 0 Å². The molecular weight excluding hydrogens is 520 g/mol. The van der Waals surface area contributed by atoms with Crippen molar-refractivity contribution in [2.75, 3.05) is 16.8 Å². The third-order valence-corrected chi connectivity index (χ3v) is 7.62. The molecule has 4 heterocycles. The van der Waals surface area contributed by atoms with Gasteiger partial charge in [0.15, 0.2) is 4.32 Å². The van der Waals surface area contributed by atoms with Crippen LogP contribution >= 0.6 is 24.0 Å². The molecule has 0 bridgehead atoms. The molecule has 9 nitrogen and oxygen atoms in total. The number of nitrogens with one attached hydrogen (secondary N) is 1. The van der Waals surface area contributed by atoms with Gasteiger partial charge in [0.1, 0.15) is 17.2 Å². The van der Waals surface area contributed by atoms with Gasteiger partial charge in [-0.1, -0.05) is 54.3 Å². The lowest BCUT2D eigenvalue weighted by Gasteiger charge is -2.13. The lowest BCUT2D eigenvalue weighted by Crippen LogP contribution is -2.33. The Balaban J connectivity index is 1.63. The van der Waals surface area contributed by atoms with Crippen LogP contribution in [0, 0.1) is 13.8 Å². The van der Waals surface area contributed by atoms with Crippen LogP contribution in [0.4, 0.5) is 11.5 Å². The van der Waals surface area contributed by atoms with E-state index in [1.807, 2.05) is 43.3 Å².